The Labute approximate surface area is 137 Å². The molecule has 0 aromatic heterocycles. The first kappa shape index (κ1) is 14.8. The van der Waals surface area contributed by atoms with Gasteiger partial charge in [-0.15, -0.1) is 0 Å². The second kappa shape index (κ2) is 5.93. The number of hydrogen-bond acceptors (Lipinski definition) is 3. The minimum Gasteiger partial charge on any atom is -0.486 e. The van der Waals surface area contributed by atoms with Gasteiger partial charge in [0.2, 0.25) is 0 Å². The number of benzene rings is 2. The van der Waals surface area contributed by atoms with Crippen LogP contribution in [-0.4, -0.2) is 13.2 Å². The van der Waals surface area contributed by atoms with E-state index in [4.69, 9.17) is 50.0 Å². The molecule has 2 aromatic rings. The first-order chi connectivity index (χ1) is 10.0. The van der Waals surface area contributed by atoms with Crippen molar-refractivity contribution in [2.24, 2.45) is 5.73 Å². The van der Waals surface area contributed by atoms with Crippen molar-refractivity contribution in [3.63, 3.8) is 0 Å². The molecule has 1 heterocycles. The zero-order valence-electron chi connectivity index (χ0n) is 10.9. The van der Waals surface area contributed by atoms with Gasteiger partial charge < -0.3 is 15.2 Å². The van der Waals surface area contributed by atoms with E-state index < -0.39 is 6.04 Å². The molecule has 0 fully saturated rings. The van der Waals surface area contributed by atoms with Crippen LogP contribution in [0.1, 0.15) is 17.2 Å². The van der Waals surface area contributed by atoms with Gasteiger partial charge in [-0.25, -0.2) is 0 Å². The molecular weight excluding hydrogens is 333 g/mol. The molecule has 3 nitrogen and oxygen atoms in total. The fourth-order valence-corrected chi connectivity index (χ4v) is 3.07. The number of halogens is 3. The van der Waals surface area contributed by atoms with Crippen molar-refractivity contribution in [2.45, 2.75) is 6.04 Å². The van der Waals surface area contributed by atoms with Crippen molar-refractivity contribution < 1.29 is 9.47 Å². The van der Waals surface area contributed by atoms with E-state index in [1.54, 1.807) is 30.3 Å². The van der Waals surface area contributed by atoms with Gasteiger partial charge in [0.15, 0.2) is 11.5 Å². The van der Waals surface area contributed by atoms with E-state index in [9.17, 15) is 0 Å². The van der Waals surface area contributed by atoms with Crippen molar-refractivity contribution in [1.29, 1.82) is 0 Å². The van der Waals surface area contributed by atoms with Gasteiger partial charge in [0.25, 0.3) is 0 Å². The second-order valence-corrected chi connectivity index (χ2v) is 5.98. The van der Waals surface area contributed by atoms with Gasteiger partial charge in [-0.05, 0) is 35.4 Å². The summed E-state index contributed by atoms with van der Waals surface area (Å²) in [6.07, 6.45) is 0. The van der Waals surface area contributed by atoms with Crippen LogP contribution >= 0.6 is 34.8 Å². The molecule has 0 amide bonds. The van der Waals surface area contributed by atoms with E-state index in [0.717, 1.165) is 11.1 Å². The third-order valence-corrected chi connectivity index (χ3v) is 4.00. The highest BCUT2D eigenvalue weighted by molar-refractivity contribution is 6.34. The van der Waals surface area contributed by atoms with Crippen molar-refractivity contribution in [3.8, 4) is 11.5 Å². The quantitative estimate of drug-likeness (QED) is 0.874. The van der Waals surface area contributed by atoms with Crippen LogP contribution in [-0.2, 0) is 0 Å². The summed E-state index contributed by atoms with van der Waals surface area (Å²) in [6, 6.07) is 8.26. The molecular formula is C15H12Cl3NO2. The number of ether oxygens (including phenoxy) is 2. The normalized spacial score (nSPS) is 14.9. The monoisotopic (exact) mass is 343 g/mol. The van der Waals surface area contributed by atoms with Gasteiger partial charge in [-0.3, -0.25) is 0 Å². The number of fused-ring (bicyclic) bond motifs is 1. The SMILES string of the molecule is NC(c1cc(Cl)cc(Cl)c1)c1cc2c(cc1Cl)OCCO2. The predicted molar refractivity (Wildman–Crippen MR) is 84.9 cm³/mol. The molecule has 1 aliphatic heterocycles. The molecule has 0 aliphatic carbocycles. The first-order valence-corrected chi connectivity index (χ1v) is 7.48. The molecule has 3 rings (SSSR count). The predicted octanol–water partition coefficient (Wildman–Crippen LogP) is 4.47. The van der Waals surface area contributed by atoms with Gasteiger partial charge in [-0.2, -0.15) is 0 Å². The van der Waals surface area contributed by atoms with Gasteiger partial charge in [-0.1, -0.05) is 34.8 Å². The molecule has 1 atom stereocenters. The molecule has 6 heteroatoms. The molecule has 1 unspecified atom stereocenters. The lowest BCUT2D eigenvalue weighted by Crippen LogP contribution is -2.17. The average Bonchev–Trinajstić information content (AvgIpc) is 2.44. The van der Waals surface area contributed by atoms with Crippen LogP contribution in [0.3, 0.4) is 0 Å². The fraction of sp³-hybridized carbons (Fsp3) is 0.200. The highest BCUT2D eigenvalue weighted by Crippen LogP contribution is 2.39. The largest absolute Gasteiger partial charge is 0.486 e. The lowest BCUT2D eigenvalue weighted by atomic mass is 9.99. The molecule has 0 bridgehead atoms. The average molecular weight is 345 g/mol. The molecule has 0 saturated heterocycles. The minimum absolute atomic E-state index is 0.454. The zero-order chi connectivity index (χ0) is 15.0. The summed E-state index contributed by atoms with van der Waals surface area (Å²) in [6.45, 7) is 1.02. The van der Waals surface area contributed by atoms with Crippen LogP contribution in [0.2, 0.25) is 15.1 Å². The summed E-state index contributed by atoms with van der Waals surface area (Å²) in [5, 5.41) is 1.58. The van der Waals surface area contributed by atoms with Crippen LogP contribution in [0.25, 0.3) is 0 Å². The topological polar surface area (TPSA) is 44.5 Å². The van der Waals surface area contributed by atoms with Crippen LogP contribution < -0.4 is 15.2 Å². The highest BCUT2D eigenvalue weighted by atomic mass is 35.5. The fourth-order valence-electron chi connectivity index (χ4n) is 2.25. The Morgan fingerprint density at radius 1 is 0.857 bits per heavy atom. The van der Waals surface area contributed by atoms with Gasteiger partial charge >= 0.3 is 0 Å². The van der Waals surface area contributed by atoms with Crippen molar-refractivity contribution >= 4 is 34.8 Å². The summed E-state index contributed by atoms with van der Waals surface area (Å²) in [7, 11) is 0. The Morgan fingerprint density at radius 2 is 1.43 bits per heavy atom. The Kier molecular flexibility index (Phi) is 4.18. The molecule has 0 spiro atoms. The maximum Gasteiger partial charge on any atom is 0.162 e. The molecule has 110 valence electrons. The number of nitrogens with two attached hydrogens (primary N) is 1. The van der Waals surface area contributed by atoms with Crippen LogP contribution in [0, 0.1) is 0 Å². The van der Waals surface area contributed by atoms with E-state index in [2.05, 4.69) is 0 Å². The van der Waals surface area contributed by atoms with Gasteiger partial charge in [0, 0.05) is 21.1 Å². The van der Waals surface area contributed by atoms with Gasteiger partial charge in [0.1, 0.15) is 13.2 Å². The lowest BCUT2D eigenvalue weighted by Gasteiger charge is -2.22. The highest BCUT2D eigenvalue weighted by Gasteiger charge is 2.20. The number of rotatable bonds is 2. The van der Waals surface area contributed by atoms with Crippen molar-refractivity contribution in [1.82, 2.24) is 0 Å². The Bertz CT molecular complexity index is 671. The second-order valence-electron chi connectivity index (χ2n) is 4.70. The van der Waals surface area contributed by atoms with Crippen LogP contribution in [0.15, 0.2) is 30.3 Å². The first-order valence-electron chi connectivity index (χ1n) is 6.35. The Morgan fingerprint density at radius 3 is 2.05 bits per heavy atom. The van der Waals surface area contributed by atoms with Crippen molar-refractivity contribution in [3.05, 3.63) is 56.5 Å². The summed E-state index contributed by atoms with van der Waals surface area (Å²) in [5.74, 6) is 1.27. The summed E-state index contributed by atoms with van der Waals surface area (Å²) < 4.78 is 11.1. The minimum atomic E-state index is -0.454. The molecule has 2 N–H and O–H groups in total. The third-order valence-electron chi connectivity index (χ3n) is 3.24. The summed E-state index contributed by atoms with van der Waals surface area (Å²) >= 11 is 18.3. The van der Waals surface area contributed by atoms with E-state index in [-0.39, 0.29) is 0 Å². The van der Waals surface area contributed by atoms with Gasteiger partial charge in [0.05, 0.1) is 6.04 Å². The molecule has 1 aliphatic rings. The smallest absolute Gasteiger partial charge is 0.162 e. The van der Waals surface area contributed by atoms with E-state index in [1.807, 2.05) is 0 Å². The van der Waals surface area contributed by atoms with Crippen molar-refractivity contribution in [2.75, 3.05) is 13.2 Å². The number of hydrogen-bond donors (Lipinski definition) is 1. The van der Waals surface area contributed by atoms with E-state index in [1.165, 1.54) is 0 Å². The molecule has 21 heavy (non-hydrogen) atoms. The third kappa shape index (κ3) is 3.06. The Hall–Kier alpha value is -1.13. The maximum atomic E-state index is 6.30. The zero-order valence-corrected chi connectivity index (χ0v) is 13.2. The van der Waals surface area contributed by atoms with Crippen LogP contribution in [0.4, 0.5) is 0 Å². The maximum absolute atomic E-state index is 6.30. The molecule has 0 radical (unpaired) electrons. The summed E-state index contributed by atoms with van der Waals surface area (Å²) in [5.41, 5.74) is 7.81. The van der Waals surface area contributed by atoms with E-state index in [0.29, 0.717) is 39.8 Å². The molecule has 0 saturated carbocycles. The summed E-state index contributed by atoms with van der Waals surface area (Å²) in [4.78, 5) is 0. The molecule has 2 aromatic carbocycles. The Balaban J connectivity index is 2.02. The van der Waals surface area contributed by atoms with E-state index >= 15 is 0 Å². The lowest BCUT2D eigenvalue weighted by molar-refractivity contribution is 0.171. The van der Waals surface area contributed by atoms with Crippen LogP contribution in [0.5, 0.6) is 11.5 Å². The standard InChI is InChI=1S/C15H12Cl3NO2/c16-9-3-8(4-10(17)5-9)15(19)11-6-13-14(7-12(11)18)21-2-1-20-13/h3-7,15H,1-2,19H2.